The molecule has 0 amide bonds. The maximum Gasteiger partial charge on any atom is 0.0679 e. The number of fused-ring (bicyclic) bond motifs is 5. The van der Waals surface area contributed by atoms with Crippen molar-refractivity contribution in [3.05, 3.63) is 221 Å². The zero-order valence-electron chi connectivity index (χ0n) is 30.4. The number of hydrogen-bond donors (Lipinski definition) is 1. The van der Waals surface area contributed by atoms with Crippen molar-refractivity contribution in [3.8, 4) is 11.1 Å². The van der Waals surface area contributed by atoms with Crippen LogP contribution < -0.4 is 5.32 Å². The summed E-state index contributed by atoms with van der Waals surface area (Å²) in [4.78, 5) is 4.69. The molecule has 0 bridgehead atoms. The Bertz CT molecular complexity index is 2450. The molecule has 6 aromatic carbocycles. The summed E-state index contributed by atoms with van der Waals surface area (Å²) in [7, 11) is 0. The van der Waals surface area contributed by atoms with E-state index >= 15 is 0 Å². The molecule has 6 aromatic rings. The van der Waals surface area contributed by atoms with Crippen LogP contribution in [0, 0.1) is 11.8 Å². The molecule has 4 unspecified atom stereocenters. The highest BCUT2D eigenvalue weighted by atomic mass is 14.9. The van der Waals surface area contributed by atoms with E-state index in [2.05, 4.69) is 182 Å². The highest BCUT2D eigenvalue weighted by molar-refractivity contribution is 6.06. The quantitative estimate of drug-likeness (QED) is 0.159. The van der Waals surface area contributed by atoms with Gasteiger partial charge in [0.2, 0.25) is 0 Å². The first-order valence-corrected chi connectivity index (χ1v) is 19.0. The Hall–Kier alpha value is -5.99. The summed E-state index contributed by atoms with van der Waals surface area (Å²) in [5, 5.41) is 6.54. The summed E-state index contributed by atoms with van der Waals surface area (Å²) in [6.07, 6.45) is 16.9. The van der Waals surface area contributed by atoms with Crippen LogP contribution in [0.15, 0.2) is 192 Å². The van der Waals surface area contributed by atoms with Crippen LogP contribution in [0.2, 0.25) is 0 Å². The van der Waals surface area contributed by atoms with E-state index in [0.717, 1.165) is 17.7 Å². The molecule has 9 rings (SSSR count). The molecule has 4 atom stereocenters. The van der Waals surface area contributed by atoms with E-state index in [-0.39, 0.29) is 5.92 Å². The smallest absolute Gasteiger partial charge is 0.0679 e. The van der Waals surface area contributed by atoms with Crippen LogP contribution in [0.5, 0.6) is 0 Å². The van der Waals surface area contributed by atoms with Crippen LogP contribution in [0.1, 0.15) is 59.6 Å². The molecule has 2 heteroatoms. The van der Waals surface area contributed by atoms with Crippen molar-refractivity contribution in [2.75, 3.05) is 5.32 Å². The van der Waals surface area contributed by atoms with E-state index in [1.165, 1.54) is 61.0 Å². The zero-order chi connectivity index (χ0) is 35.8. The van der Waals surface area contributed by atoms with Crippen molar-refractivity contribution in [1.29, 1.82) is 0 Å². The molecular formula is C51H44N2. The Morgan fingerprint density at radius 2 is 1.43 bits per heavy atom. The van der Waals surface area contributed by atoms with Gasteiger partial charge in [-0.3, -0.25) is 4.99 Å². The third-order valence-electron chi connectivity index (χ3n) is 11.6. The van der Waals surface area contributed by atoms with Gasteiger partial charge in [-0.1, -0.05) is 172 Å². The Morgan fingerprint density at radius 1 is 0.717 bits per heavy atom. The summed E-state index contributed by atoms with van der Waals surface area (Å²) in [6.45, 7) is 5.42. The average Bonchev–Trinajstić information content (AvgIpc) is 3.50. The molecule has 0 spiro atoms. The summed E-state index contributed by atoms with van der Waals surface area (Å²) in [5.74, 6) is 0.830. The second-order valence-corrected chi connectivity index (χ2v) is 14.8. The molecule has 0 saturated heterocycles. The van der Waals surface area contributed by atoms with Crippen LogP contribution >= 0.6 is 0 Å². The summed E-state index contributed by atoms with van der Waals surface area (Å²) in [6, 6.07) is 51.2. The molecule has 258 valence electrons. The van der Waals surface area contributed by atoms with Crippen molar-refractivity contribution in [1.82, 2.24) is 0 Å². The van der Waals surface area contributed by atoms with E-state index in [4.69, 9.17) is 0 Å². The first-order chi connectivity index (χ1) is 26.1. The van der Waals surface area contributed by atoms with E-state index in [1.54, 1.807) is 0 Å². The van der Waals surface area contributed by atoms with Crippen molar-refractivity contribution >= 4 is 22.7 Å². The molecule has 0 fully saturated rings. The minimum absolute atomic E-state index is 0.139. The number of allylic oxidation sites excluding steroid dienone is 8. The van der Waals surface area contributed by atoms with Crippen LogP contribution in [-0.2, 0) is 12.0 Å². The Kier molecular flexibility index (Phi) is 8.60. The maximum absolute atomic E-state index is 4.69. The van der Waals surface area contributed by atoms with Gasteiger partial charge in [0.15, 0.2) is 0 Å². The average molecular weight is 685 g/mol. The lowest BCUT2D eigenvalue weighted by atomic mass is 9.62. The first-order valence-electron chi connectivity index (χ1n) is 19.0. The van der Waals surface area contributed by atoms with E-state index < -0.39 is 5.41 Å². The summed E-state index contributed by atoms with van der Waals surface area (Å²) < 4.78 is 0. The minimum Gasteiger partial charge on any atom is -0.358 e. The lowest BCUT2D eigenvalue weighted by molar-refractivity contribution is 0.573. The molecule has 1 N–H and O–H groups in total. The highest BCUT2D eigenvalue weighted by Gasteiger charge is 2.49. The van der Waals surface area contributed by atoms with Crippen molar-refractivity contribution in [3.63, 3.8) is 0 Å². The molecule has 0 radical (unpaired) electrons. The molecule has 0 heterocycles. The van der Waals surface area contributed by atoms with Gasteiger partial charge in [-0.15, -0.1) is 0 Å². The van der Waals surface area contributed by atoms with Crippen LogP contribution in [0.4, 0.5) is 5.69 Å². The van der Waals surface area contributed by atoms with Crippen LogP contribution in [0.3, 0.4) is 0 Å². The molecule has 0 saturated carbocycles. The topological polar surface area (TPSA) is 24.4 Å². The van der Waals surface area contributed by atoms with Crippen molar-refractivity contribution in [2.24, 2.45) is 16.8 Å². The number of anilines is 1. The highest BCUT2D eigenvalue weighted by Crippen LogP contribution is 2.61. The maximum atomic E-state index is 4.69. The predicted octanol–water partition coefficient (Wildman–Crippen LogP) is 12.6. The fourth-order valence-electron chi connectivity index (χ4n) is 9.20. The zero-order valence-corrected chi connectivity index (χ0v) is 30.4. The molecule has 0 aliphatic heterocycles. The van der Waals surface area contributed by atoms with E-state index in [0.29, 0.717) is 18.4 Å². The number of hydrogen-bond acceptors (Lipinski definition) is 2. The molecule has 2 nitrogen and oxygen atoms in total. The molecule has 53 heavy (non-hydrogen) atoms. The van der Waals surface area contributed by atoms with Crippen molar-refractivity contribution < 1.29 is 0 Å². The van der Waals surface area contributed by atoms with Crippen LogP contribution in [0.25, 0.3) is 21.9 Å². The van der Waals surface area contributed by atoms with Crippen LogP contribution in [-0.4, -0.2) is 6.21 Å². The van der Waals surface area contributed by atoms with E-state index in [9.17, 15) is 0 Å². The summed E-state index contributed by atoms with van der Waals surface area (Å²) in [5.41, 5.74) is 13.9. The predicted molar refractivity (Wildman–Crippen MR) is 224 cm³/mol. The van der Waals surface area contributed by atoms with Crippen molar-refractivity contribution in [2.45, 2.75) is 38.1 Å². The number of nitrogens with one attached hydrogen (secondary N) is 1. The third kappa shape index (κ3) is 5.70. The van der Waals surface area contributed by atoms with Gasteiger partial charge >= 0.3 is 0 Å². The Balaban J connectivity index is 1.17. The van der Waals surface area contributed by atoms with Gasteiger partial charge in [-0.2, -0.15) is 0 Å². The fourth-order valence-corrected chi connectivity index (χ4v) is 9.20. The molecule has 3 aliphatic rings. The van der Waals surface area contributed by atoms with Gasteiger partial charge in [0.1, 0.15) is 0 Å². The van der Waals surface area contributed by atoms with Gasteiger partial charge in [0, 0.05) is 23.5 Å². The Labute approximate surface area is 313 Å². The molecule has 3 aliphatic carbocycles. The van der Waals surface area contributed by atoms with Gasteiger partial charge in [0.25, 0.3) is 0 Å². The number of rotatable bonds is 8. The molecule has 0 aromatic heterocycles. The Morgan fingerprint density at radius 3 is 2.23 bits per heavy atom. The minimum atomic E-state index is -0.403. The van der Waals surface area contributed by atoms with Gasteiger partial charge < -0.3 is 5.32 Å². The SMILES string of the molecule is CC1CC=CC=C1C1(c2ccccc2)c2ccccc2-c2c1cc(C1C(Nc3ccc(C/N=C/c4ccccc4)cc3)=CC=CC1C)c1ccccc21. The lowest BCUT2D eigenvalue weighted by Gasteiger charge is -2.40. The number of aliphatic imine (C=N–C) groups is 1. The largest absolute Gasteiger partial charge is 0.358 e. The monoisotopic (exact) mass is 684 g/mol. The second kappa shape index (κ2) is 13.9. The second-order valence-electron chi connectivity index (χ2n) is 14.8. The van der Waals surface area contributed by atoms with Gasteiger partial charge in [-0.05, 0) is 97.3 Å². The number of nitrogens with zero attached hydrogens (tertiary/aromatic N) is 1. The standard InChI is InChI=1S/C51H44N2/c1-35-16-9-13-25-45(35)51(39-20-7-4-8-21-39)46-26-14-12-24-43(46)50-42-23-11-10-22-41(42)44(32-47(50)51)49-36(2)17-15-27-48(49)53-40-30-28-38(29-31-40)34-52-33-37-18-5-3-6-19-37/h3-15,17-33,35-36,49,53H,16,34H2,1-2H3/b52-33+. The fraction of sp³-hybridized carbons (Fsp3) is 0.157. The first kappa shape index (κ1) is 32.9. The van der Waals surface area contributed by atoms with E-state index in [1.807, 2.05) is 24.4 Å². The van der Waals surface area contributed by atoms with Gasteiger partial charge in [0.05, 0.1) is 12.0 Å². The number of benzene rings is 6. The van der Waals surface area contributed by atoms with Gasteiger partial charge in [-0.25, -0.2) is 0 Å². The third-order valence-corrected chi connectivity index (χ3v) is 11.6. The normalized spacial score (nSPS) is 21.7. The lowest BCUT2D eigenvalue weighted by Crippen LogP contribution is -2.33. The summed E-state index contributed by atoms with van der Waals surface area (Å²) >= 11 is 0. The molecular weight excluding hydrogens is 641 g/mol.